The van der Waals surface area contributed by atoms with Crippen LogP contribution in [-0.4, -0.2) is 55.7 Å². The van der Waals surface area contributed by atoms with Crippen molar-refractivity contribution < 1.29 is 24.9 Å². The quantitative estimate of drug-likeness (QED) is 0.348. The van der Waals surface area contributed by atoms with Crippen LogP contribution in [0.1, 0.15) is 80.7 Å². The second kappa shape index (κ2) is 11.2. The van der Waals surface area contributed by atoms with Gasteiger partial charge >= 0.3 is 0 Å². The molecule has 0 bridgehead atoms. The maximum absolute atomic E-state index is 11.7. The Morgan fingerprint density at radius 2 is 1.89 bits per heavy atom. The average Bonchev–Trinajstić information content (AvgIpc) is 3.22. The van der Waals surface area contributed by atoms with Crippen molar-refractivity contribution in [1.82, 2.24) is 9.55 Å². The maximum atomic E-state index is 11.7. The van der Waals surface area contributed by atoms with Crippen LogP contribution in [0.25, 0.3) is 0 Å². The monoisotopic (exact) mass is 393 g/mol. The second-order valence-electron chi connectivity index (χ2n) is 7.12. The highest BCUT2D eigenvalue weighted by Gasteiger charge is 2.44. The Labute approximate surface area is 165 Å². The molecular formula is C20H31N3O5. The second-order valence-corrected chi connectivity index (χ2v) is 7.12. The number of hydrogen-bond acceptors (Lipinski definition) is 6. The maximum Gasteiger partial charge on any atom is 0.270 e. The van der Waals surface area contributed by atoms with Crippen LogP contribution in [0.4, 0.5) is 0 Å². The number of amides is 1. The number of unbranched alkanes of at least 4 members (excludes halogenated alkanes) is 7. The zero-order valence-electron chi connectivity index (χ0n) is 16.4. The first-order valence-electron chi connectivity index (χ1n) is 9.99. The van der Waals surface area contributed by atoms with Crippen LogP contribution in [0.15, 0.2) is 6.33 Å². The molecule has 156 valence electrons. The Bertz CT molecular complexity index is 694. The van der Waals surface area contributed by atoms with Crippen LogP contribution in [0.5, 0.6) is 0 Å². The van der Waals surface area contributed by atoms with E-state index in [1.165, 1.54) is 43.0 Å². The molecule has 0 saturated carbocycles. The van der Waals surface area contributed by atoms with Gasteiger partial charge in [0.15, 0.2) is 11.9 Å². The molecule has 1 aromatic rings. The topological polar surface area (TPSA) is 131 Å². The number of nitrogens with two attached hydrogens (primary N) is 1. The Balaban J connectivity index is 2.02. The number of nitrogens with zero attached hydrogens (tertiary/aromatic N) is 2. The van der Waals surface area contributed by atoms with E-state index >= 15 is 0 Å². The van der Waals surface area contributed by atoms with Gasteiger partial charge in [-0.05, 0) is 12.3 Å². The minimum atomic E-state index is -1.28. The van der Waals surface area contributed by atoms with Crippen LogP contribution >= 0.6 is 0 Å². The number of imidazole rings is 1. The predicted molar refractivity (Wildman–Crippen MR) is 103 cm³/mol. The summed E-state index contributed by atoms with van der Waals surface area (Å²) >= 11 is 0. The largest absolute Gasteiger partial charge is 0.394 e. The third-order valence-electron chi connectivity index (χ3n) is 4.93. The lowest BCUT2D eigenvalue weighted by Crippen LogP contribution is -2.33. The highest BCUT2D eigenvalue weighted by molar-refractivity contribution is 5.93. The van der Waals surface area contributed by atoms with Crippen molar-refractivity contribution in [2.45, 2.75) is 82.8 Å². The van der Waals surface area contributed by atoms with Crippen LogP contribution in [0.3, 0.4) is 0 Å². The first-order valence-corrected chi connectivity index (χ1v) is 9.99. The fraction of sp³-hybridized carbons (Fsp3) is 0.700. The van der Waals surface area contributed by atoms with Gasteiger partial charge in [-0.2, -0.15) is 0 Å². The van der Waals surface area contributed by atoms with Crippen LogP contribution in [-0.2, 0) is 4.74 Å². The number of hydrogen-bond donors (Lipinski definition) is 4. The first-order chi connectivity index (χ1) is 13.5. The zero-order chi connectivity index (χ0) is 20.5. The summed E-state index contributed by atoms with van der Waals surface area (Å²) in [6.07, 6.45) is 5.81. The molecule has 0 aromatic carbocycles. The van der Waals surface area contributed by atoms with Gasteiger partial charge < -0.3 is 25.8 Å². The summed E-state index contributed by atoms with van der Waals surface area (Å²) in [5.74, 6) is 5.22. The molecule has 28 heavy (non-hydrogen) atoms. The molecule has 1 aromatic heterocycles. The van der Waals surface area contributed by atoms with E-state index in [0.29, 0.717) is 6.42 Å². The van der Waals surface area contributed by atoms with Crippen molar-refractivity contribution in [3.8, 4) is 11.8 Å². The van der Waals surface area contributed by atoms with Crippen molar-refractivity contribution in [2.24, 2.45) is 5.73 Å². The van der Waals surface area contributed by atoms with Crippen molar-refractivity contribution in [3.05, 3.63) is 17.7 Å². The lowest BCUT2D eigenvalue weighted by molar-refractivity contribution is -0.0531. The molecule has 8 heteroatoms. The summed E-state index contributed by atoms with van der Waals surface area (Å²) in [6, 6.07) is 0. The molecule has 0 unspecified atom stereocenters. The van der Waals surface area contributed by atoms with Gasteiger partial charge in [0.25, 0.3) is 5.91 Å². The molecule has 1 saturated heterocycles. The molecule has 1 aliphatic heterocycles. The molecule has 1 fully saturated rings. The van der Waals surface area contributed by atoms with Crippen LogP contribution in [0.2, 0.25) is 0 Å². The number of rotatable bonds is 10. The van der Waals surface area contributed by atoms with Crippen LogP contribution < -0.4 is 5.73 Å². The van der Waals surface area contributed by atoms with E-state index in [1.807, 2.05) is 0 Å². The molecule has 8 nitrogen and oxygen atoms in total. The van der Waals surface area contributed by atoms with E-state index in [-0.39, 0.29) is 11.4 Å². The van der Waals surface area contributed by atoms with Gasteiger partial charge in [-0.15, -0.1) is 0 Å². The standard InChI is InChI=1S/C20H31N3O5/c1-2-3-4-5-6-7-8-9-10-11-14-16(19(21)27)22-13-23(14)20-18(26)17(25)15(12-24)28-20/h13,15,17-18,20,24-26H,2-9,12H2,1H3,(H2,21,27)/t15-,17-,18-,20-/m1/s1. The van der Waals surface area contributed by atoms with Crippen molar-refractivity contribution in [3.63, 3.8) is 0 Å². The fourth-order valence-electron chi connectivity index (χ4n) is 3.28. The number of aromatic nitrogens is 2. The lowest BCUT2D eigenvalue weighted by Gasteiger charge is -2.17. The van der Waals surface area contributed by atoms with Gasteiger partial charge in [0.2, 0.25) is 0 Å². The van der Waals surface area contributed by atoms with E-state index < -0.39 is 37.1 Å². The predicted octanol–water partition coefficient (Wildman–Crippen LogP) is 1.09. The molecule has 4 atom stereocenters. The number of aliphatic hydroxyl groups excluding tert-OH is 3. The number of aliphatic hydroxyl groups is 3. The Hall–Kier alpha value is -1.92. The summed E-state index contributed by atoms with van der Waals surface area (Å²) < 4.78 is 6.89. The van der Waals surface area contributed by atoms with Gasteiger partial charge in [0.1, 0.15) is 24.0 Å². The third kappa shape index (κ3) is 5.55. The molecular weight excluding hydrogens is 362 g/mol. The molecule has 0 radical (unpaired) electrons. The number of carbonyl (C=O) groups is 1. The minimum absolute atomic E-state index is 0.00944. The Kier molecular flexibility index (Phi) is 8.93. The first kappa shape index (κ1) is 22.4. The minimum Gasteiger partial charge on any atom is -0.394 e. The van der Waals surface area contributed by atoms with Crippen molar-refractivity contribution >= 4 is 5.91 Å². The Morgan fingerprint density at radius 1 is 1.21 bits per heavy atom. The number of primary amides is 1. The highest BCUT2D eigenvalue weighted by atomic mass is 16.6. The highest BCUT2D eigenvalue weighted by Crippen LogP contribution is 2.30. The summed E-state index contributed by atoms with van der Waals surface area (Å²) in [5.41, 5.74) is 5.61. The van der Waals surface area contributed by atoms with E-state index in [1.54, 1.807) is 0 Å². The molecule has 0 spiro atoms. The number of carbonyl (C=O) groups excluding carboxylic acids is 1. The van der Waals surface area contributed by atoms with E-state index in [0.717, 1.165) is 12.8 Å². The van der Waals surface area contributed by atoms with Crippen molar-refractivity contribution in [1.29, 1.82) is 0 Å². The summed E-state index contributed by atoms with van der Waals surface area (Å²) in [6.45, 7) is 1.76. The van der Waals surface area contributed by atoms with Gasteiger partial charge in [-0.25, -0.2) is 4.98 Å². The van der Waals surface area contributed by atoms with Gasteiger partial charge in [0, 0.05) is 6.42 Å². The van der Waals surface area contributed by atoms with E-state index in [2.05, 4.69) is 23.7 Å². The molecule has 1 amide bonds. The van der Waals surface area contributed by atoms with Gasteiger partial charge in [0.05, 0.1) is 12.9 Å². The lowest BCUT2D eigenvalue weighted by atomic mass is 10.1. The van der Waals surface area contributed by atoms with Gasteiger partial charge in [-0.1, -0.05) is 51.4 Å². The molecule has 2 heterocycles. The normalized spacial score (nSPS) is 24.1. The van der Waals surface area contributed by atoms with Gasteiger partial charge in [-0.3, -0.25) is 9.36 Å². The summed E-state index contributed by atoms with van der Waals surface area (Å²) in [4.78, 5) is 15.6. The van der Waals surface area contributed by atoms with Crippen molar-refractivity contribution in [2.75, 3.05) is 6.61 Å². The number of ether oxygens (including phenoxy) is 1. The molecule has 2 rings (SSSR count). The van der Waals surface area contributed by atoms with E-state index in [4.69, 9.17) is 10.5 Å². The summed E-state index contributed by atoms with van der Waals surface area (Å²) in [5, 5.41) is 29.4. The Morgan fingerprint density at radius 3 is 2.50 bits per heavy atom. The zero-order valence-corrected chi connectivity index (χ0v) is 16.4. The third-order valence-corrected chi connectivity index (χ3v) is 4.93. The molecule has 0 aliphatic carbocycles. The SMILES string of the molecule is CCCCCCCCCC#Cc1c(C(N)=O)ncn1[C@@H]1O[C@H](CO)[C@@H](O)[C@H]1O. The molecule has 1 aliphatic rings. The summed E-state index contributed by atoms with van der Waals surface area (Å²) in [7, 11) is 0. The smallest absolute Gasteiger partial charge is 0.270 e. The van der Waals surface area contributed by atoms with E-state index in [9.17, 15) is 20.1 Å². The fourth-order valence-corrected chi connectivity index (χ4v) is 3.28. The van der Waals surface area contributed by atoms with Crippen LogP contribution in [0, 0.1) is 11.8 Å². The molecule has 5 N–H and O–H groups in total. The average molecular weight is 393 g/mol.